The van der Waals surface area contributed by atoms with E-state index in [1.807, 2.05) is 0 Å². The highest BCUT2D eigenvalue weighted by Crippen LogP contribution is 2.13. The highest BCUT2D eigenvalue weighted by atomic mass is 19.1. The minimum absolute atomic E-state index is 0.188. The van der Waals surface area contributed by atoms with Crippen LogP contribution in [0.4, 0.5) is 4.39 Å². The van der Waals surface area contributed by atoms with Gasteiger partial charge in [0.05, 0.1) is 0 Å². The van der Waals surface area contributed by atoms with Gasteiger partial charge in [-0.3, -0.25) is 4.90 Å². The molecule has 1 aromatic carbocycles. The Kier molecular flexibility index (Phi) is 7.20. The predicted octanol–water partition coefficient (Wildman–Crippen LogP) is 1.91. The number of nitrogens with zero attached hydrogens (tertiary/aromatic N) is 1. The quantitative estimate of drug-likeness (QED) is 0.565. The average molecular weight is 281 g/mol. The van der Waals surface area contributed by atoms with E-state index in [4.69, 9.17) is 10.0 Å². The first kappa shape index (κ1) is 17.1. The molecule has 1 rings (SSSR count). The molecule has 1 aromatic rings. The summed E-state index contributed by atoms with van der Waals surface area (Å²) in [5.41, 5.74) is 0.785. The standard InChI is InChI=1S/C15H25BFNO2/c1-4-5-6-9-18(12(2)3)11-13-7-8-14(16(19)20)10-15(13)17/h7-8,10,12,19-20H,4-6,9,11H2,1-3H3. The molecule has 0 aliphatic heterocycles. The molecular formula is C15H25BFNO2. The number of hydrogen-bond acceptors (Lipinski definition) is 3. The van der Waals surface area contributed by atoms with Crippen LogP contribution in [-0.2, 0) is 6.54 Å². The number of rotatable bonds is 8. The highest BCUT2D eigenvalue weighted by molar-refractivity contribution is 6.58. The third-order valence-corrected chi connectivity index (χ3v) is 3.53. The summed E-state index contributed by atoms with van der Waals surface area (Å²) in [7, 11) is -1.62. The van der Waals surface area contributed by atoms with Gasteiger partial charge in [0, 0.05) is 18.2 Å². The van der Waals surface area contributed by atoms with Gasteiger partial charge in [0.15, 0.2) is 0 Å². The molecule has 0 atom stereocenters. The molecular weight excluding hydrogens is 256 g/mol. The van der Waals surface area contributed by atoms with Gasteiger partial charge < -0.3 is 10.0 Å². The number of unbranched alkanes of at least 4 members (excludes halogenated alkanes) is 2. The van der Waals surface area contributed by atoms with Crippen molar-refractivity contribution in [3.8, 4) is 0 Å². The van der Waals surface area contributed by atoms with E-state index >= 15 is 0 Å². The Bertz CT molecular complexity index is 413. The van der Waals surface area contributed by atoms with Crippen LogP contribution in [0.25, 0.3) is 0 Å². The SMILES string of the molecule is CCCCCN(Cc1ccc(B(O)O)cc1F)C(C)C. The second kappa shape index (κ2) is 8.40. The first-order chi connectivity index (χ1) is 9.45. The normalized spacial score (nSPS) is 11.4. The molecule has 0 unspecified atom stereocenters. The third kappa shape index (κ3) is 5.23. The molecule has 0 bridgehead atoms. The van der Waals surface area contributed by atoms with Crippen molar-refractivity contribution in [2.75, 3.05) is 6.54 Å². The van der Waals surface area contributed by atoms with E-state index in [9.17, 15) is 4.39 Å². The monoisotopic (exact) mass is 281 g/mol. The van der Waals surface area contributed by atoms with Crippen LogP contribution in [0.2, 0.25) is 0 Å². The van der Waals surface area contributed by atoms with Gasteiger partial charge in [-0.25, -0.2) is 4.39 Å². The summed E-state index contributed by atoms with van der Waals surface area (Å²) in [5, 5.41) is 18.1. The van der Waals surface area contributed by atoms with Crippen LogP contribution in [0, 0.1) is 5.82 Å². The Balaban J connectivity index is 2.73. The van der Waals surface area contributed by atoms with Gasteiger partial charge in [-0.1, -0.05) is 31.9 Å². The zero-order valence-corrected chi connectivity index (χ0v) is 12.6. The highest BCUT2D eigenvalue weighted by Gasteiger charge is 2.16. The van der Waals surface area contributed by atoms with Crippen LogP contribution in [-0.4, -0.2) is 34.7 Å². The molecule has 0 aliphatic carbocycles. The molecule has 0 saturated heterocycles. The molecule has 0 aromatic heterocycles. The topological polar surface area (TPSA) is 43.7 Å². The zero-order valence-electron chi connectivity index (χ0n) is 12.6. The smallest absolute Gasteiger partial charge is 0.423 e. The first-order valence-corrected chi connectivity index (χ1v) is 7.34. The molecule has 112 valence electrons. The van der Waals surface area contributed by atoms with E-state index in [2.05, 4.69) is 25.7 Å². The Morgan fingerprint density at radius 1 is 1.25 bits per heavy atom. The van der Waals surface area contributed by atoms with Gasteiger partial charge in [-0.2, -0.15) is 0 Å². The lowest BCUT2D eigenvalue weighted by molar-refractivity contribution is 0.206. The van der Waals surface area contributed by atoms with Crippen LogP contribution in [0.5, 0.6) is 0 Å². The molecule has 0 radical (unpaired) electrons. The molecule has 0 fully saturated rings. The maximum atomic E-state index is 14.0. The Hall–Kier alpha value is -0.905. The Morgan fingerprint density at radius 2 is 1.95 bits per heavy atom. The molecule has 3 nitrogen and oxygen atoms in total. The summed E-state index contributed by atoms with van der Waals surface area (Å²) >= 11 is 0. The molecule has 2 N–H and O–H groups in total. The fourth-order valence-electron chi connectivity index (χ4n) is 2.16. The lowest BCUT2D eigenvalue weighted by Crippen LogP contribution is -2.33. The second-order valence-electron chi connectivity index (χ2n) is 5.50. The van der Waals surface area contributed by atoms with Crippen molar-refractivity contribution in [2.45, 2.75) is 52.6 Å². The largest absolute Gasteiger partial charge is 0.488 e. The molecule has 0 aliphatic rings. The van der Waals surface area contributed by atoms with Crippen LogP contribution in [0.15, 0.2) is 18.2 Å². The third-order valence-electron chi connectivity index (χ3n) is 3.53. The van der Waals surface area contributed by atoms with Crippen molar-refractivity contribution < 1.29 is 14.4 Å². The molecule has 5 heteroatoms. The fraction of sp³-hybridized carbons (Fsp3) is 0.600. The van der Waals surface area contributed by atoms with Crippen molar-refractivity contribution in [1.29, 1.82) is 0 Å². The van der Waals surface area contributed by atoms with Crippen LogP contribution in [0.1, 0.15) is 45.6 Å². The maximum Gasteiger partial charge on any atom is 0.488 e. The van der Waals surface area contributed by atoms with E-state index in [0.29, 0.717) is 18.2 Å². The van der Waals surface area contributed by atoms with Gasteiger partial charge in [-0.05, 0) is 38.3 Å². The maximum absolute atomic E-state index is 14.0. The van der Waals surface area contributed by atoms with Crippen LogP contribution < -0.4 is 5.46 Å². The summed E-state index contributed by atoms with van der Waals surface area (Å²) in [6.07, 6.45) is 3.47. The minimum atomic E-state index is -1.62. The van der Waals surface area contributed by atoms with Crippen molar-refractivity contribution >= 4 is 12.6 Å². The van der Waals surface area contributed by atoms with Crippen LogP contribution in [0.3, 0.4) is 0 Å². The van der Waals surface area contributed by atoms with Crippen molar-refractivity contribution in [3.05, 3.63) is 29.6 Å². The fourth-order valence-corrected chi connectivity index (χ4v) is 2.16. The Morgan fingerprint density at radius 3 is 2.45 bits per heavy atom. The summed E-state index contributed by atoms with van der Waals surface area (Å²) in [6, 6.07) is 4.76. The minimum Gasteiger partial charge on any atom is -0.423 e. The second-order valence-corrected chi connectivity index (χ2v) is 5.50. The van der Waals surface area contributed by atoms with E-state index in [0.717, 1.165) is 13.0 Å². The van der Waals surface area contributed by atoms with E-state index in [1.54, 1.807) is 12.1 Å². The molecule has 0 amide bonds. The predicted molar refractivity (Wildman–Crippen MR) is 81.3 cm³/mol. The van der Waals surface area contributed by atoms with Gasteiger partial charge >= 0.3 is 7.12 Å². The molecule has 0 spiro atoms. The number of benzene rings is 1. The first-order valence-electron chi connectivity index (χ1n) is 7.34. The van der Waals surface area contributed by atoms with Gasteiger partial charge in [-0.15, -0.1) is 0 Å². The summed E-state index contributed by atoms with van der Waals surface area (Å²) in [5.74, 6) is -0.378. The zero-order chi connectivity index (χ0) is 15.1. The van der Waals surface area contributed by atoms with Crippen molar-refractivity contribution in [2.24, 2.45) is 0 Å². The van der Waals surface area contributed by atoms with E-state index in [-0.39, 0.29) is 11.3 Å². The van der Waals surface area contributed by atoms with E-state index < -0.39 is 7.12 Å². The van der Waals surface area contributed by atoms with E-state index in [1.165, 1.54) is 18.9 Å². The molecule has 0 saturated carbocycles. The number of hydrogen-bond donors (Lipinski definition) is 2. The summed E-state index contributed by atoms with van der Waals surface area (Å²) in [6.45, 7) is 7.88. The lowest BCUT2D eigenvalue weighted by Gasteiger charge is -2.26. The van der Waals surface area contributed by atoms with Gasteiger partial charge in [0.25, 0.3) is 0 Å². The van der Waals surface area contributed by atoms with Gasteiger partial charge in [0.2, 0.25) is 0 Å². The Labute approximate surface area is 121 Å². The lowest BCUT2D eigenvalue weighted by atomic mass is 9.80. The number of halogens is 1. The molecule has 0 heterocycles. The van der Waals surface area contributed by atoms with Crippen molar-refractivity contribution in [3.63, 3.8) is 0 Å². The molecule has 20 heavy (non-hydrogen) atoms. The average Bonchev–Trinajstić information content (AvgIpc) is 2.39. The summed E-state index contributed by atoms with van der Waals surface area (Å²) in [4.78, 5) is 2.24. The summed E-state index contributed by atoms with van der Waals surface area (Å²) < 4.78 is 14.0. The van der Waals surface area contributed by atoms with Crippen LogP contribution >= 0.6 is 0 Å². The van der Waals surface area contributed by atoms with Crippen molar-refractivity contribution in [1.82, 2.24) is 4.90 Å². The van der Waals surface area contributed by atoms with Gasteiger partial charge in [0.1, 0.15) is 5.82 Å².